The lowest BCUT2D eigenvalue weighted by Gasteiger charge is -2.15. The standard InChI is InChI=1S/C16H17BrFNO2/c1-11-6-12(17)8-13(7-11)19-9-14(20)10-21-16-5-3-2-4-15(16)18/h2-8,14,19-20H,9-10H2,1H3. The first kappa shape index (κ1) is 15.8. The highest BCUT2D eigenvalue weighted by Gasteiger charge is 2.08. The second-order valence-electron chi connectivity index (χ2n) is 4.79. The Labute approximate surface area is 131 Å². The van der Waals surface area contributed by atoms with Crippen molar-refractivity contribution in [2.24, 2.45) is 0 Å². The summed E-state index contributed by atoms with van der Waals surface area (Å²) in [6.07, 6.45) is -0.733. The summed E-state index contributed by atoms with van der Waals surface area (Å²) in [6.45, 7) is 2.35. The first-order valence-corrected chi connectivity index (χ1v) is 7.40. The van der Waals surface area contributed by atoms with Gasteiger partial charge in [-0.3, -0.25) is 0 Å². The molecule has 2 aromatic carbocycles. The Morgan fingerprint density at radius 2 is 2.05 bits per heavy atom. The van der Waals surface area contributed by atoms with Crippen molar-refractivity contribution in [3.05, 3.63) is 58.3 Å². The van der Waals surface area contributed by atoms with Gasteiger partial charge in [-0.2, -0.15) is 0 Å². The summed E-state index contributed by atoms with van der Waals surface area (Å²) >= 11 is 3.42. The number of halogens is 2. The Kier molecular flexibility index (Phi) is 5.59. The molecule has 0 bridgehead atoms. The van der Waals surface area contributed by atoms with Gasteiger partial charge in [0.05, 0.1) is 0 Å². The van der Waals surface area contributed by atoms with Crippen LogP contribution in [-0.2, 0) is 0 Å². The summed E-state index contributed by atoms with van der Waals surface area (Å²) in [5, 5.41) is 13.0. The molecule has 2 rings (SSSR count). The van der Waals surface area contributed by atoms with Gasteiger partial charge in [0, 0.05) is 16.7 Å². The number of hydrogen-bond acceptors (Lipinski definition) is 3. The number of aryl methyl sites for hydroxylation is 1. The zero-order valence-electron chi connectivity index (χ0n) is 11.6. The fraction of sp³-hybridized carbons (Fsp3) is 0.250. The molecular weight excluding hydrogens is 337 g/mol. The van der Waals surface area contributed by atoms with Gasteiger partial charge in [-0.1, -0.05) is 28.1 Å². The lowest BCUT2D eigenvalue weighted by atomic mass is 10.2. The van der Waals surface area contributed by atoms with E-state index in [1.165, 1.54) is 12.1 Å². The monoisotopic (exact) mass is 353 g/mol. The summed E-state index contributed by atoms with van der Waals surface area (Å²) in [4.78, 5) is 0. The van der Waals surface area contributed by atoms with E-state index in [-0.39, 0.29) is 12.4 Å². The number of benzene rings is 2. The highest BCUT2D eigenvalue weighted by molar-refractivity contribution is 9.10. The Hall–Kier alpha value is -1.59. The number of hydrogen-bond donors (Lipinski definition) is 2. The Morgan fingerprint density at radius 3 is 2.76 bits per heavy atom. The van der Waals surface area contributed by atoms with Crippen molar-refractivity contribution in [1.29, 1.82) is 0 Å². The number of rotatable bonds is 6. The third-order valence-corrected chi connectivity index (χ3v) is 3.31. The van der Waals surface area contributed by atoms with Gasteiger partial charge in [-0.15, -0.1) is 0 Å². The summed E-state index contributed by atoms with van der Waals surface area (Å²) < 4.78 is 19.6. The topological polar surface area (TPSA) is 41.5 Å². The quantitative estimate of drug-likeness (QED) is 0.830. The van der Waals surface area contributed by atoms with Crippen molar-refractivity contribution in [1.82, 2.24) is 0 Å². The molecule has 0 aliphatic carbocycles. The van der Waals surface area contributed by atoms with Gasteiger partial charge in [-0.05, 0) is 42.8 Å². The van der Waals surface area contributed by atoms with E-state index in [0.29, 0.717) is 6.54 Å². The molecule has 3 nitrogen and oxygen atoms in total. The average molecular weight is 354 g/mol. The van der Waals surface area contributed by atoms with Crippen LogP contribution in [0.5, 0.6) is 5.75 Å². The number of ether oxygens (including phenoxy) is 1. The molecule has 0 spiro atoms. The van der Waals surface area contributed by atoms with E-state index in [1.807, 2.05) is 25.1 Å². The molecule has 21 heavy (non-hydrogen) atoms. The Morgan fingerprint density at radius 1 is 1.29 bits per heavy atom. The van der Waals surface area contributed by atoms with Crippen LogP contribution in [0.4, 0.5) is 10.1 Å². The first-order valence-electron chi connectivity index (χ1n) is 6.61. The van der Waals surface area contributed by atoms with Gasteiger partial charge in [-0.25, -0.2) is 4.39 Å². The molecule has 0 saturated heterocycles. The van der Waals surface area contributed by atoms with Crippen molar-refractivity contribution in [2.75, 3.05) is 18.5 Å². The molecule has 0 saturated carbocycles. The second kappa shape index (κ2) is 7.43. The smallest absolute Gasteiger partial charge is 0.165 e. The fourth-order valence-corrected chi connectivity index (χ4v) is 2.49. The van der Waals surface area contributed by atoms with Crippen molar-refractivity contribution in [3.8, 4) is 5.75 Å². The van der Waals surface area contributed by atoms with E-state index >= 15 is 0 Å². The number of para-hydroxylation sites is 1. The predicted octanol–water partition coefficient (Wildman–Crippen LogP) is 3.75. The van der Waals surface area contributed by atoms with E-state index in [0.717, 1.165) is 15.7 Å². The van der Waals surface area contributed by atoms with Crippen molar-refractivity contribution in [3.63, 3.8) is 0 Å². The van der Waals surface area contributed by atoms with E-state index in [2.05, 4.69) is 21.2 Å². The van der Waals surface area contributed by atoms with Gasteiger partial charge in [0.1, 0.15) is 12.7 Å². The molecule has 0 aliphatic heterocycles. The molecule has 1 unspecified atom stereocenters. The third-order valence-electron chi connectivity index (χ3n) is 2.85. The van der Waals surface area contributed by atoms with Crippen molar-refractivity contribution in [2.45, 2.75) is 13.0 Å². The SMILES string of the molecule is Cc1cc(Br)cc(NCC(O)COc2ccccc2F)c1. The highest BCUT2D eigenvalue weighted by Crippen LogP contribution is 2.19. The maximum Gasteiger partial charge on any atom is 0.165 e. The van der Waals surface area contributed by atoms with E-state index in [4.69, 9.17) is 4.74 Å². The molecule has 112 valence electrons. The molecule has 0 fully saturated rings. The van der Waals surface area contributed by atoms with Crippen LogP contribution >= 0.6 is 15.9 Å². The maximum atomic E-state index is 13.4. The summed E-state index contributed by atoms with van der Waals surface area (Å²) in [7, 11) is 0. The number of aliphatic hydroxyl groups is 1. The molecule has 2 aromatic rings. The van der Waals surface area contributed by atoms with Gasteiger partial charge in [0.2, 0.25) is 0 Å². The fourth-order valence-electron chi connectivity index (χ4n) is 1.88. The van der Waals surface area contributed by atoms with Crippen LogP contribution in [-0.4, -0.2) is 24.4 Å². The molecule has 0 amide bonds. The third kappa shape index (κ3) is 5.02. The van der Waals surface area contributed by atoms with Gasteiger partial charge >= 0.3 is 0 Å². The van der Waals surface area contributed by atoms with E-state index < -0.39 is 11.9 Å². The molecule has 0 heterocycles. The number of nitrogens with one attached hydrogen (secondary N) is 1. The minimum atomic E-state index is -0.733. The first-order chi connectivity index (χ1) is 10.0. The molecule has 0 aliphatic rings. The largest absolute Gasteiger partial charge is 0.488 e. The highest BCUT2D eigenvalue weighted by atomic mass is 79.9. The lowest BCUT2D eigenvalue weighted by Crippen LogP contribution is -2.26. The van der Waals surface area contributed by atoms with Crippen LogP contribution < -0.4 is 10.1 Å². The predicted molar refractivity (Wildman–Crippen MR) is 85.3 cm³/mol. The molecule has 0 aromatic heterocycles. The molecule has 5 heteroatoms. The van der Waals surface area contributed by atoms with Crippen LogP contribution in [0.1, 0.15) is 5.56 Å². The molecule has 0 radical (unpaired) electrons. The van der Waals surface area contributed by atoms with Crippen LogP contribution in [0.2, 0.25) is 0 Å². The molecule has 1 atom stereocenters. The number of aliphatic hydroxyl groups excluding tert-OH is 1. The maximum absolute atomic E-state index is 13.4. The Balaban J connectivity index is 1.82. The lowest BCUT2D eigenvalue weighted by molar-refractivity contribution is 0.115. The van der Waals surface area contributed by atoms with Crippen LogP contribution in [0.15, 0.2) is 46.9 Å². The zero-order valence-corrected chi connectivity index (χ0v) is 13.2. The minimum Gasteiger partial charge on any atom is -0.488 e. The second-order valence-corrected chi connectivity index (χ2v) is 5.71. The van der Waals surface area contributed by atoms with Gasteiger partial charge < -0.3 is 15.2 Å². The van der Waals surface area contributed by atoms with Gasteiger partial charge in [0.15, 0.2) is 11.6 Å². The van der Waals surface area contributed by atoms with E-state index in [9.17, 15) is 9.50 Å². The summed E-state index contributed by atoms with van der Waals surface area (Å²) in [5.41, 5.74) is 2.02. The van der Waals surface area contributed by atoms with Crippen LogP contribution in [0.25, 0.3) is 0 Å². The number of anilines is 1. The van der Waals surface area contributed by atoms with Crippen molar-refractivity contribution < 1.29 is 14.2 Å². The molecule has 2 N–H and O–H groups in total. The van der Waals surface area contributed by atoms with E-state index in [1.54, 1.807) is 12.1 Å². The molecular formula is C16H17BrFNO2. The van der Waals surface area contributed by atoms with Crippen molar-refractivity contribution >= 4 is 21.6 Å². The van der Waals surface area contributed by atoms with Gasteiger partial charge in [0.25, 0.3) is 0 Å². The zero-order chi connectivity index (χ0) is 15.2. The van der Waals surface area contributed by atoms with Crippen LogP contribution in [0, 0.1) is 12.7 Å². The summed E-state index contributed by atoms with van der Waals surface area (Å²) in [6, 6.07) is 12.1. The normalized spacial score (nSPS) is 12.0. The average Bonchev–Trinajstić information content (AvgIpc) is 2.43. The summed E-state index contributed by atoms with van der Waals surface area (Å²) in [5.74, 6) is -0.282. The van der Waals surface area contributed by atoms with Crippen LogP contribution in [0.3, 0.4) is 0 Å². The Bertz CT molecular complexity index is 586. The minimum absolute atomic E-state index is 0.0287.